The zero-order valence-electron chi connectivity index (χ0n) is 31.2. The third-order valence-electron chi connectivity index (χ3n) is 10.1. The topological polar surface area (TPSA) is 62.7 Å². The van der Waals surface area contributed by atoms with Crippen LogP contribution in [0.3, 0.4) is 0 Å². The molecule has 6 nitrogen and oxygen atoms in total. The molecule has 0 aliphatic rings. The maximum absolute atomic E-state index is 6.56. The van der Waals surface area contributed by atoms with Crippen LogP contribution in [0.25, 0.3) is 77.2 Å². The number of benzene rings is 6. The summed E-state index contributed by atoms with van der Waals surface area (Å²) in [4.78, 5) is 9.09. The van der Waals surface area contributed by atoms with Gasteiger partial charge in [0, 0.05) is 68.6 Å². The van der Waals surface area contributed by atoms with Crippen molar-refractivity contribution in [2.45, 2.75) is 13.8 Å². The van der Waals surface area contributed by atoms with Crippen molar-refractivity contribution in [2.75, 3.05) is 28.4 Å². The normalized spacial score (nSPS) is 11.1. The molecule has 0 fully saturated rings. The minimum Gasteiger partial charge on any atom is -0.496 e. The Hall–Kier alpha value is -6.66. The molecule has 0 saturated carbocycles. The summed E-state index contributed by atoms with van der Waals surface area (Å²) in [5.74, 6) is 2.86. The van der Waals surface area contributed by atoms with Crippen molar-refractivity contribution in [3.63, 3.8) is 0 Å². The Bertz CT molecular complexity index is 2490. The van der Waals surface area contributed by atoms with E-state index in [4.69, 9.17) is 18.9 Å². The van der Waals surface area contributed by atoms with Gasteiger partial charge in [0.05, 0.1) is 28.4 Å². The first-order valence-electron chi connectivity index (χ1n) is 17.8. The minimum atomic E-state index is 0.697. The van der Waals surface area contributed by atoms with Crippen LogP contribution in [0.15, 0.2) is 134 Å². The van der Waals surface area contributed by atoms with E-state index in [-0.39, 0.29) is 0 Å². The predicted octanol–water partition coefficient (Wildman–Crippen LogP) is 11.8. The van der Waals surface area contributed by atoms with Gasteiger partial charge in [-0.25, -0.2) is 0 Å². The number of ether oxygens (including phenoxy) is 4. The van der Waals surface area contributed by atoms with E-state index >= 15 is 0 Å². The van der Waals surface area contributed by atoms with Crippen molar-refractivity contribution in [1.29, 1.82) is 0 Å². The molecule has 8 aromatic rings. The van der Waals surface area contributed by atoms with Crippen molar-refractivity contribution < 1.29 is 18.9 Å². The smallest absolute Gasteiger partial charge is 0.135 e. The number of aromatic nitrogens is 2. The summed E-state index contributed by atoms with van der Waals surface area (Å²) in [5.41, 5.74) is 12.0. The second kappa shape index (κ2) is 14.4. The fraction of sp³-hybridized carbons (Fsp3) is 0.125. The maximum Gasteiger partial charge on any atom is 0.135 e. The van der Waals surface area contributed by atoms with E-state index in [2.05, 4.69) is 109 Å². The molecule has 6 aromatic carbocycles. The molecule has 0 aliphatic heterocycles. The van der Waals surface area contributed by atoms with Crippen molar-refractivity contribution in [3.8, 4) is 78.6 Å². The van der Waals surface area contributed by atoms with E-state index < -0.39 is 0 Å². The van der Waals surface area contributed by atoms with E-state index in [0.29, 0.717) is 11.5 Å². The van der Waals surface area contributed by atoms with Crippen LogP contribution in [0.5, 0.6) is 23.0 Å². The molecular weight excluding hydrogens is 669 g/mol. The molecule has 2 heterocycles. The zero-order chi connectivity index (χ0) is 37.3. The lowest BCUT2D eigenvalue weighted by atomic mass is 9.84. The molecule has 0 aliphatic carbocycles. The van der Waals surface area contributed by atoms with Gasteiger partial charge in [-0.1, -0.05) is 71.8 Å². The van der Waals surface area contributed by atoms with Gasteiger partial charge in [-0.2, -0.15) is 0 Å². The van der Waals surface area contributed by atoms with E-state index in [1.54, 1.807) is 40.8 Å². The third kappa shape index (κ3) is 5.86. The first-order valence-corrected chi connectivity index (χ1v) is 17.8. The van der Waals surface area contributed by atoms with Crippen LogP contribution in [0.4, 0.5) is 0 Å². The molecule has 8 rings (SSSR count). The van der Waals surface area contributed by atoms with Crippen LogP contribution >= 0.6 is 0 Å². The Morgan fingerprint density at radius 3 is 1.15 bits per heavy atom. The third-order valence-corrected chi connectivity index (χ3v) is 10.1. The Kier molecular flexibility index (Phi) is 9.18. The summed E-state index contributed by atoms with van der Waals surface area (Å²) in [6, 6.07) is 37.8. The van der Waals surface area contributed by atoms with Crippen molar-refractivity contribution in [3.05, 3.63) is 145 Å². The van der Waals surface area contributed by atoms with Gasteiger partial charge >= 0.3 is 0 Å². The van der Waals surface area contributed by atoms with Crippen molar-refractivity contribution in [2.24, 2.45) is 0 Å². The molecule has 0 amide bonds. The van der Waals surface area contributed by atoms with Gasteiger partial charge in [0.2, 0.25) is 0 Å². The summed E-state index contributed by atoms with van der Waals surface area (Å²) >= 11 is 0. The molecule has 6 heteroatoms. The standard InChI is InChI=1S/C48H40N2O4/c1-29-11-7-13-31(23-29)35-17-19-41(51-3)43-37(33-15-9-21-49-27-33)25-39(47(53-5)45(35)43)40-26-38(34-16-10-22-50-28-34)44-42(52-4)20-18-36(46(44)48(40)54-6)32-14-8-12-30(2)24-32/h7-28H,1-6H3. The Morgan fingerprint density at radius 1 is 0.370 bits per heavy atom. The minimum absolute atomic E-state index is 0.697. The highest BCUT2D eigenvalue weighted by Crippen LogP contribution is 2.55. The van der Waals surface area contributed by atoms with Crippen molar-refractivity contribution >= 4 is 21.5 Å². The number of pyridine rings is 2. The van der Waals surface area contributed by atoms with Crippen LogP contribution in [0, 0.1) is 13.8 Å². The summed E-state index contributed by atoms with van der Waals surface area (Å²) in [6.07, 6.45) is 7.36. The summed E-state index contributed by atoms with van der Waals surface area (Å²) < 4.78 is 25.3. The van der Waals surface area contributed by atoms with E-state index in [1.807, 2.05) is 36.7 Å². The molecule has 266 valence electrons. The molecule has 0 bridgehead atoms. The summed E-state index contributed by atoms with van der Waals surface area (Å²) in [6.45, 7) is 4.22. The van der Waals surface area contributed by atoms with Crippen LogP contribution in [-0.2, 0) is 0 Å². The lowest BCUT2D eigenvalue weighted by Gasteiger charge is -2.24. The molecule has 0 atom stereocenters. The average molecular weight is 709 g/mol. The average Bonchev–Trinajstić information content (AvgIpc) is 3.22. The van der Waals surface area contributed by atoms with Crippen molar-refractivity contribution in [1.82, 2.24) is 9.97 Å². The zero-order valence-corrected chi connectivity index (χ0v) is 31.2. The second-order valence-corrected chi connectivity index (χ2v) is 13.4. The molecule has 0 radical (unpaired) electrons. The van der Waals surface area contributed by atoms with Gasteiger partial charge in [-0.3, -0.25) is 9.97 Å². The van der Waals surface area contributed by atoms with E-state index in [9.17, 15) is 0 Å². The van der Waals surface area contributed by atoms with Crippen LogP contribution in [-0.4, -0.2) is 38.4 Å². The fourth-order valence-electron chi connectivity index (χ4n) is 7.78. The van der Waals surface area contributed by atoms with Crippen LogP contribution in [0.2, 0.25) is 0 Å². The largest absolute Gasteiger partial charge is 0.496 e. The highest BCUT2D eigenvalue weighted by atomic mass is 16.5. The van der Waals surface area contributed by atoms with Gasteiger partial charge in [-0.05, 0) is 95.8 Å². The molecule has 0 saturated heterocycles. The number of methoxy groups -OCH3 is 4. The highest BCUT2D eigenvalue weighted by Gasteiger charge is 2.27. The Balaban J connectivity index is 1.61. The summed E-state index contributed by atoms with van der Waals surface area (Å²) in [5, 5.41) is 3.71. The van der Waals surface area contributed by atoms with E-state index in [0.717, 1.165) is 99.8 Å². The quantitative estimate of drug-likeness (QED) is 0.149. The van der Waals surface area contributed by atoms with E-state index in [1.165, 1.54) is 0 Å². The number of nitrogens with zero attached hydrogens (tertiary/aromatic N) is 2. The molecule has 0 unspecified atom stereocenters. The van der Waals surface area contributed by atoms with Gasteiger partial charge in [-0.15, -0.1) is 0 Å². The van der Waals surface area contributed by atoms with Gasteiger partial charge in [0.1, 0.15) is 23.0 Å². The number of rotatable bonds is 9. The number of hydrogen-bond acceptors (Lipinski definition) is 6. The van der Waals surface area contributed by atoms with Crippen LogP contribution < -0.4 is 18.9 Å². The van der Waals surface area contributed by atoms with Gasteiger partial charge in [0.25, 0.3) is 0 Å². The Labute approximate surface area is 315 Å². The summed E-state index contributed by atoms with van der Waals surface area (Å²) in [7, 11) is 6.89. The molecule has 0 spiro atoms. The first kappa shape index (κ1) is 34.4. The van der Waals surface area contributed by atoms with Gasteiger partial charge < -0.3 is 18.9 Å². The SMILES string of the molecule is COc1ccc(-c2cccc(C)c2)c2c(OC)c(-c3cc(-c4cccnc4)c4c(OC)ccc(-c5cccc(C)c5)c4c3OC)cc(-c3cccnc3)c12. The number of fused-ring (bicyclic) bond motifs is 2. The second-order valence-electron chi connectivity index (χ2n) is 13.4. The predicted molar refractivity (Wildman–Crippen MR) is 220 cm³/mol. The highest BCUT2D eigenvalue weighted by molar-refractivity contribution is 6.18. The number of aryl methyl sites for hydroxylation is 2. The lowest BCUT2D eigenvalue weighted by molar-refractivity contribution is 0.413. The molecule has 54 heavy (non-hydrogen) atoms. The maximum atomic E-state index is 6.56. The first-order chi connectivity index (χ1) is 26.4. The lowest BCUT2D eigenvalue weighted by Crippen LogP contribution is -2.00. The molecule has 2 aromatic heterocycles. The van der Waals surface area contributed by atoms with Gasteiger partial charge in [0.15, 0.2) is 0 Å². The molecule has 0 N–H and O–H groups in total. The fourth-order valence-corrected chi connectivity index (χ4v) is 7.78. The Morgan fingerprint density at radius 2 is 0.796 bits per heavy atom. The number of hydrogen-bond donors (Lipinski definition) is 0. The monoisotopic (exact) mass is 708 g/mol. The molecular formula is C48H40N2O4. The van der Waals surface area contributed by atoms with Crippen LogP contribution in [0.1, 0.15) is 11.1 Å².